The fourth-order valence-corrected chi connectivity index (χ4v) is 4.72. The number of carbonyl (C=O) groups excluding carboxylic acids is 2. The third-order valence-electron chi connectivity index (χ3n) is 6.04. The molecule has 8 heteroatoms. The van der Waals surface area contributed by atoms with Crippen LogP contribution in [0.1, 0.15) is 52.0 Å². The summed E-state index contributed by atoms with van der Waals surface area (Å²) in [6.45, 7) is 5.93. The quantitative estimate of drug-likeness (QED) is 0.831. The molecule has 3 atom stereocenters. The van der Waals surface area contributed by atoms with Crippen LogP contribution in [0.2, 0.25) is 0 Å². The van der Waals surface area contributed by atoms with Crippen molar-refractivity contribution in [3.05, 3.63) is 29.7 Å². The van der Waals surface area contributed by atoms with Gasteiger partial charge in [-0.1, -0.05) is 6.07 Å². The van der Waals surface area contributed by atoms with Crippen molar-refractivity contribution >= 4 is 22.9 Å². The van der Waals surface area contributed by atoms with Gasteiger partial charge in [-0.25, -0.2) is 4.79 Å². The number of benzene rings is 1. The van der Waals surface area contributed by atoms with Gasteiger partial charge >= 0.3 is 6.09 Å². The number of hydrogen-bond donors (Lipinski definition) is 1. The Morgan fingerprint density at radius 1 is 1.23 bits per heavy atom. The van der Waals surface area contributed by atoms with Crippen molar-refractivity contribution in [2.45, 2.75) is 70.7 Å². The van der Waals surface area contributed by atoms with Gasteiger partial charge in [0, 0.05) is 31.6 Å². The Kier molecular flexibility index (Phi) is 5.20. The number of aryl methyl sites for hydroxylation is 1. The number of fused-ring (bicyclic) bond motifs is 3. The molecule has 2 aliphatic heterocycles. The summed E-state index contributed by atoms with van der Waals surface area (Å²) in [5.74, 6) is -0.644. The summed E-state index contributed by atoms with van der Waals surface area (Å²) in [4.78, 5) is 27.2. The molecule has 1 aromatic heterocycles. The molecule has 2 aliphatic rings. The van der Waals surface area contributed by atoms with Gasteiger partial charge < -0.3 is 15.0 Å². The Balaban J connectivity index is 1.37. The van der Waals surface area contributed by atoms with E-state index in [1.165, 1.54) is 4.68 Å². The third-order valence-corrected chi connectivity index (χ3v) is 6.04. The van der Waals surface area contributed by atoms with Crippen LogP contribution in [-0.2, 0) is 23.1 Å². The van der Waals surface area contributed by atoms with Crippen LogP contribution in [0.3, 0.4) is 0 Å². The third kappa shape index (κ3) is 4.00. The molecule has 0 saturated carbocycles. The minimum absolute atomic E-state index is 0.0116. The molecule has 2 amide bonds. The molecule has 3 heterocycles. The molecule has 0 radical (unpaired) electrons. The van der Waals surface area contributed by atoms with Crippen molar-refractivity contribution in [1.82, 2.24) is 20.0 Å². The normalized spacial score (nSPS) is 23.6. The number of rotatable bonds is 3. The molecule has 2 bridgehead atoms. The van der Waals surface area contributed by atoms with Crippen LogP contribution in [0.4, 0.5) is 9.18 Å². The number of hydrogen-bond acceptors (Lipinski definition) is 4. The molecule has 4 rings (SSSR count). The van der Waals surface area contributed by atoms with E-state index in [1.54, 1.807) is 13.1 Å². The first-order valence-corrected chi connectivity index (χ1v) is 10.5. The highest BCUT2D eigenvalue weighted by Crippen LogP contribution is 2.39. The van der Waals surface area contributed by atoms with Crippen LogP contribution < -0.4 is 5.32 Å². The van der Waals surface area contributed by atoms with Crippen molar-refractivity contribution in [1.29, 1.82) is 0 Å². The molecule has 1 aromatic carbocycles. The first-order chi connectivity index (χ1) is 14.1. The van der Waals surface area contributed by atoms with Crippen molar-refractivity contribution in [2.75, 3.05) is 0 Å². The second-order valence-corrected chi connectivity index (χ2v) is 9.42. The molecule has 162 valence electrons. The van der Waals surface area contributed by atoms with E-state index in [0.29, 0.717) is 30.3 Å². The largest absolute Gasteiger partial charge is 0.444 e. The molecule has 2 fully saturated rings. The molecule has 2 aromatic rings. The lowest BCUT2D eigenvalue weighted by atomic mass is 9.90. The van der Waals surface area contributed by atoms with E-state index in [9.17, 15) is 14.0 Å². The van der Waals surface area contributed by atoms with E-state index < -0.39 is 11.5 Å². The zero-order valence-corrected chi connectivity index (χ0v) is 17.9. The maximum atomic E-state index is 13.9. The fourth-order valence-electron chi connectivity index (χ4n) is 4.72. The Bertz CT molecular complexity index is 967. The summed E-state index contributed by atoms with van der Waals surface area (Å²) >= 11 is 0. The summed E-state index contributed by atoms with van der Waals surface area (Å²) in [6, 6.07) is 5.52. The van der Waals surface area contributed by atoms with E-state index in [1.807, 2.05) is 37.8 Å². The highest BCUT2D eigenvalue weighted by molar-refractivity contribution is 5.81. The number of aromatic nitrogens is 2. The molecule has 1 unspecified atom stereocenters. The van der Waals surface area contributed by atoms with E-state index in [-0.39, 0.29) is 30.0 Å². The van der Waals surface area contributed by atoms with E-state index in [0.717, 1.165) is 18.4 Å². The standard InChI is InChI=1S/C22H29FN4O3/c1-22(2,3)30-21(29)27-15-6-7-16(27)11-14(10-15)20(28)24-12-13-5-8-18-17(9-13)19(23)25-26(18)4/h5,8-9,14-16H,6-7,10-12H2,1-4H3,(H,24,28)/t14?,15-,16+. The molecule has 0 spiro atoms. The summed E-state index contributed by atoms with van der Waals surface area (Å²) in [5, 5.41) is 7.23. The zero-order valence-electron chi connectivity index (χ0n) is 17.9. The number of carbonyl (C=O) groups is 2. The van der Waals surface area contributed by atoms with Gasteiger partial charge in [0.15, 0.2) is 0 Å². The monoisotopic (exact) mass is 416 g/mol. The lowest BCUT2D eigenvalue weighted by Crippen LogP contribution is -2.50. The van der Waals surface area contributed by atoms with Crippen LogP contribution in [0.5, 0.6) is 0 Å². The molecule has 7 nitrogen and oxygen atoms in total. The van der Waals surface area contributed by atoms with Gasteiger partial charge in [-0.15, -0.1) is 5.10 Å². The zero-order chi connectivity index (χ0) is 21.6. The Labute approximate surface area is 175 Å². The average molecular weight is 416 g/mol. The topological polar surface area (TPSA) is 76.5 Å². The number of nitrogens with one attached hydrogen (secondary N) is 1. The predicted octanol–water partition coefficient (Wildman–Crippen LogP) is 3.51. The summed E-state index contributed by atoms with van der Waals surface area (Å²) < 4.78 is 21.0. The maximum Gasteiger partial charge on any atom is 0.410 e. The lowest BCUT2D eigenvalue weighted by Gasteiger charge is -2.39. The molecular formula is C22H29FN4O3. The number of halogens is 1. The SMILES string of the molecule is Cn1nc(F)c2cc(CNC(=O)C3C[C@H]4CC[C@@H](C3)N4C(=O)OC(C)(C)C)ccc21. The Hall–Kier alpha value is -2.64. The maximum absolute atomic E-state index is 13.9. The average Bonchev–Trinajstić information content (AvgIpc) is 3.10. The highest BCUT2D eigenvalue weighted by Gasteiger charge is 2.46. The van der Waals surface area contributed by atoms with E-state index >= 15 is 0 Å². The smallest absolute Gasteiger partial charge is 0.410 e. The van der Waals surface area contributed by atoms with Gasteiger partial charge in [-0.3, -0.25) is 9.48 Å². The first kappa shape index (κ1) is 20.6. The number of amides is 2. The van der Waals surface area contributed by atoms with Crippen LogP contribution in [0.25, 0.3) is 10.9 Å². The fraction of sp³-hybridized carbons (Fsp3) is 0.591. The Morgan fingerprint density at radius 2 is 1.90 bits per heavy atom. The van der Waals surface area contributed by atoms with Crippen molar-refractivity contribution in [3.8, 4) is 0 Å². The molecule has 0 aliphatic carbocycles. The molecule has 1 N–H and O–H groups in total. The number of nitrogens with zero attached hydrogens (tertiary/aromatic N) is 3. The molecule has 30 heavy (non-hydrogen) atoms. The van der Waals surface area contributed by atoms with Gasteiger partial charge in [-0.2, -0.15) is 4.39 Å². The van der Waals surface area contributed by atoms with Crippen LogP contribution >= 0.6 is 0 Å². The van der Waals surface area contributed by atoms with Crippen LogP contribution in [-0.4, -0.2) is 44.4 Å². The van der Waals surface area contributed by atoms with E-state index in [2.05, 4.69) is 10.4 Å². The minimum atomic E-state index is -0.528. The van der Waals surface area contributed by atoms with Gasteiger partial charge in [0.25, 0.3) is 0 Å². The van der Waals surface area contributed by atoms with Gasteiger partial charge in [0.1, 0.15) is 5.60 Å². The highest BCUT2D eigenvalue weighted by atomic mass is 19.1. The first-order valence-electron chi connectivity index (χ1n) is 10.5. The van der Waals surface area contributed by atoms with Crippen LogP contribution in [0, 0.1) is 11.9 Å². The van der Waals surface area contributed by atoms with Crippen LogP contribution in [0.15, 0.2) is 18.2 Å². The molecule has 2 saturated heterocycles. The second-order valence-electron chi connectivity index (χ2n) is 9.42. The molecular weight excluding hydrogens is 387 g/mol. The van der Waals surface area contributed by atoms with Crippen molar-refractivity contribution in [3.63, 3.8) is 0 Å². The Morgan fingerprint density at radius 3 is 2.53 bits per heavy atom. The second kappa shape index (κ2) is 7.56. The summed E-state index contributed by atoms with van der Waals surface area (Å²) in [5.41, 5.74) is 1.02. The summed E-state index contributed by atoms with van der Waals surface area (Å²) in [6.07, 6.45) is 2.84. The minimum Gasteiger partial charge on any atom is -0.444 e. The van der Waals surface area contributed by atoms with E-state index in [4.69, 9.17) is 4.74 Å². The lowest BCUT2D eigenvalue weighted by molar-refractivity contribution is -0.127. The number of ether oxygens (including phenoxy) is 1. The van der Waals surface area contributed by atoms with Crippen molar-refractivity contribution in [2.24, 2.45) is 13.0 Å². The summed E-state index contributed by atoms with van der Waals surface area (Å²) in [7, 11) is 1.70. The van der Waals surface area contributed by atoms with Gasteiger partial charge in [0.05, 0.1) is 10.9 Å². The van der Waals surface area contributed by atoms with Crippen molar-refractivity contribution < 1.29 is 18.7 Å². The van der Waals surface area contributed by atoms with Gasteiger partial charge in [0.2, 0.25) is 11.9 Å². The predicted molar refractivity (Wildman–Crippen MR) is 110 cm³/mol. The number of piperidine rings is 1. The van der Waals surface area contributed by atoms with Gasteiger partial charge in [-0.05, 0) is 64.2 Å².